The second-order valence-electron chi connectivity index (χ2n) is 4.94. The number of amides is 1. The predicted molar refractivity (Wildman–Crippen MR) is 84.5 cm³/mol. The van der Waals surface area contributed by atoms with E-state index in [9.17, 15) is 9.59 Å². The molecule has 0 aliphatic carbocycles. The van der Waals surface area contributed by atoms with Crippen molar-refractivity contribution in [3.05, 3.63) is 71.3 Å². The Bertz CT molecular complexity index is 635. The van der Waals surface area contributed by atoms with Crippen molar-refractivity contribution in [1.29, 1.82) is 0 Å². The van der Waals surface area contributed by atoms with E-state index in [4.69, 9.17) is 4.74 Å². The van der Waals surface area contributed by atoms with Crippen molar-refractivity contribution in [2.75, 3.05) is 6.61 Å². The minimum Gasteiger partial charge on any atom is -0.464 e. The Balaban J connectivity index is 2.23. The number of nitrogens with one attached hydrogen (secondary N) is 1. The molecular formula is C18H19NO3. The van der Waals surface area contributed by atoms with Gasteiger partial charge >= 0.3 is 5.97 Å². The van der Waals surface area contributed by atoms with E-state index in [0.29, 0.717) is 11.1 Å². The molecule has 0 bridgehead atoms. The first-order valence-electron chi connectivity index (χ1n) is 7.21. The van der Waals surface area contributed by atoms with Gasteiger partial charge in [0.05, 0.1) is 6.61 Å². The lowest BCUT2D eigenvalue weighted by atomic mass is 10.0. The first-order valence-corrected chi connectivity index (χ1v) is 7.21. The van der Waals surface area contributed by atoms with Crippen LogP contribution < -0.4 is 5.32 Å². The van der Waals surface area contributed by atoms with Crippen LogP contribution in [0.1, 0.15) is 34.5 Å². The quantitative estimate of drug-likeness (QED) is 0.863. The Morgan fingerprint density at radius 3 is 2.27 bits per heavy atom. The Morgan fingerprint density at radius 2 is 1.68 bits per heavy atom. The van der Waals surface area contributed by atoms with Crippen molar-refractivity contribution in [1.82, 2.24) is 5.32 Å². The molecule has 0 aromatic heterocycles. The standard InChI is InChI=1S/C18H19NO3/c1-3-22-18(21)16(14-11-9-13(2)10-12-14)19-17(20)15-7-5-4-6-8-15/h4-12,16H,3H2,1-2H3,(H,19,20). The van der Waals surface area contributed by atoms with E-state index in [-0.39, 0.29) is 12.5 Å². The minimum absolute atomic E-state index is 0.266. The summed E-state index contributed by atoms with van der Waals surface area (Å²) >= 11 is 0. The fourth-order valence-corrected chi connectivity index (χ4v) is 2.07. The third-order valence-corrected chi connectivity index (χ3v) is 3.24. The van der Waals surface area contributed by atoms with Gasteiger partial charge in [-0.2, -0.15) is 0 Å². The molecule has 1 N–H and O–H groups in total. The summed E-state index contributed by atoms with van der Waals surface area (Å²) in [4.78, 5) is 24.4. The molecule has 0 fully saturated rings. The number of hydrogen-bond acceptors (Lipinski definition) is 3. The molecular weight excluding hydrogens is 278 g/mol. The summed E-state index contributed by atoms with van der Waals surface area (Å²) in [7, 11) is 0. The monoisotopic (exact) mass is 297 g/mol. The van der Waals surface area contributed by atoms with Gasteiger partial charge in [-0.1, -0.05) is 48.0 Å². The smallest absolute Gasteiger partial charge is 0.333 e. The van der Waals surface area contributed by atoms with Crippen molar-refractivity contribution < 1.29 is 14.3 Å². The fourth-order valence-electron chi connectivity index (χ4n) is 2.07. The first-order chi connectivity index (χ1) is 10.6. The Hall–Kier alpha value is -2.62. The van der Waals surface area contributed by atoms with Gasteiger partial charge in [-0.05, 0) is 31.5 Å². The number of aryl methyl sites for hydroxylation is 1. The van der Waals surface area contributed by atoms with Crippen molar-refractivity contribution >= 4 is 11.9 Å². The highest BCUT2D eigenvalue weighted by Gasteiger charge is 2.24. The van der Waals surface area contributed by atoms with Crippen molar-refractivity contribution in [2.45, 2.75) is 19.9 Å². The number of carbonyl (C=O) groups is 2. The van der Waals surface area contributed by atoms with Gasteiger partial charge in [-0.25, -0.2) is 4.79 Å². The van der Waals surface area contributed by atoms with E-state index in [1.54, 1.807) is 31.2 Å². The van der Waals surface area contributed by atoms with E-state index in [1.165, 1.54) is 0 Å². The van der Waals surface area contributed by atoms with Gasteiger partial charge in [0.25, 0.3) is 5.91 Å². The summed E-state index contributed by atoms with van der Waals surface area (Å²) < 4.78 is 5.07. The lowest BCUT2D eigenvalue weighted by Gasteiger charge is -2.18. The molecule has 0 heterocycles. The van der Waals surface area contributed by atoms with Gasteiger partial charge in [0.2, 0.25) is 0 Å². The van der Waals surface area contributed by atoms with Gasteiger partial charge in [0.1, 0.15) is 0 Å². The number of hydrogen-bond donors (Lipinski definition) is 1. The van der Waals surface area contributed by atoms with Gasteiger partial charge in [-0.3, -0.25) is 4.79 Å². The summed E-state index contributed by atoms with van der Waals surface area (Å²) in [6.07, 6.45) is 0. The van der Waals surface area contributed by atoms with E-state index in [0.717, 1.165) is 5.56 Å². The van der Waals surface area contributed by atoms with E-state index in [2.05, 4.69) is 5.32 Å². The number of rotatable bonds is 5. The lowest BCUT2D eigenvalue weighted by molar-refractivity contribution is -0.145. The molecule has 1 unspecified atom stereocenters. The molecule has 0 spiro atoms. The molecule has 2 aromatic carbocycles. The summed E-state index contributed by atoms with van der Waals surface area (Å²) in [6.45, 7) is 3.97. The van der Waals surface area contributed by atoms with Crippen LogP contribution in [0.15, 0.2) is 54.6 Å². The SMILES string of the molecule is CCOC(=O)C(NC(=O)c1ccccc1)c1ccc(C)cc1. The van der Waals surface area contributed by atoms with Gasteiger partial charge in [0, 0.05) is 5.56 Å². The molecule has 0 saturated heterocycles. The van der Waals surface area contributed by atoms with Crippen LogP contribution in [0.4, 0.5) is 0 Å². The Morgan fingerprint density at radius 1 is 1.05 bits per heavy atom. The molecule has 0 aliphatic heterocycles. The highest BCUT2D eigenvalue weighted by Crippen LogP contribution is 2.16. The van der Waals surface area contributed by atoms with Crippen LogP contribution >= 0.6 is 0 Å². The normalized spacial score (nSPS) is 11.5. The van der Waals surface area contributed by atoms with Crippen molar-refractivity contribution in [3.8, 4) is 0 Å². The number of carbonyl (C=O) groups excluding carboxylic acids is 2. The third kappa shape index (κ3) is 3.95. The van der Waals surface area contributed by atoms with Gasteiger partial charge in [0.15, 0.2) is 6.04 Å². The molecule has 4 nitrogen and oxygen atoms in total. The summed E-state index contributed by atoms with van der Waals surface area (Å²) in [6, 6.07) is 15.4. The molecule has 2 rings (SSSR count). The molecule has 0 radical (unpaired) electrons. The summed E-state index contributed by atoms with van der Waals surface area (Å²) in [5.74, 6) is -0.769. The van der Waals surface area contributed by atoms with Gasteiger partial charge in [-0.15, -0.1) is 0 Å². The molecule has 1 amide bonds. The summed E-state index contributed by atoms with van der Waals surface area (Å²) in [5.41, 5.74) is 2.29. The summed E-state index contributed by atoms with van der Waals surface area (Å²) in [5, 5.41) is 2.74. The van der Waals surface area contributed by atoms with Crippen LogP contribution in [0.2, 0.25) is 0 Å². The molecule has 4 heteroatoms. The highest BCUT2D eigenvalue weighted by atomic mass is 16.5. The minimum atomic E-state index is -0.812. The van der Waals surface area contributed by atoms with Crippen LogP contribution in [-0.2, 0) is 9.53 Å². The van der Waals surface area contributed by atoms with Crippen LogP contribution in [0.3, 0.4) is 0 Å². The predicted octanol–water partition coefficient (Wildman–Crippen LogP) is 3.03. The molecule has 0 saturated carbocycles. The maximum atomic E-state index is 12.3. The number of benzene rings is 2. The first kappa shape index (κ1) is 15.8. The largest absolute Gasteiger partial charge is 0.464 e. The maximum absolute atomic E-state index is 12.3. The fraction of sp³-hybridized carbons (Fsp3) is 0.222. The second kappa shape index (κ2) is 7.41. The van der Waals surface area contributed by atoms with E-state index >= 15 is 0 Å². The Labute approximate surface area is 130 Å². The molecule has 114 valence electrons. The lowest BCUT2D eigenvalue weighted by Crippen LogP contribution is -2.35. The zero-order valence-corrected chi connectivity index (χ0v) is 12.7. The average Bonchev–Trinajstić information content (AvgIpc) is 2.54. The maximum Gasteiger partial charge on any atom is 0.333 e. The molecule has 22 heavy (non-hydrogen) atoms. The van der Waals surface area contributed by atoms with Gasteiger partial charge < -0.3 is 10.1 Å². The van der Waals surface area contributed by atoms with E-state index < -0.39 is 12.0 Å². The topological polar surface area (TPSA) is 55.4 Å². The van der Waals surface area contributed by atoms with Crippen LogP contribution in [0.25, 0.3) is 0 Å². The Kier molecular flexibility index (Phi) is 5.31. The highest BCUT2D eigenvalue weighted by molar-refractivity contribution is 5.97. The van der Waals surface area contributed by atoms with Crippen LogP contribution in [-0.4, -0.2) is 18.5 Å². The zero-order chi connectivity index (χ0) is 15.9. The molecule has 0 aliphatic rings. The average molecular weight is 297 g/mol. The van der Waals surface area contributed by atoms with E-state index in [1.807, 2.05) is 37.3 Å². The van der Waals surface area contributed by atoms with Crippen molar-refractivity contribution in [2.24, 2.45) is 0 Å². The molecule has 1 atom stereocenters. The number of esters is 1. The third-order valence-electron chi connectivity index (χ3n) is 3.24. The van der Waals surface area contributed by atoms with Crippen LogP contribution in [0.5, 0.6) is 0 Å². The van der Waals surface area contributed by atoms with Crippen LogP contribution in [0, 0.1) is 6.92 Å². The molecule has 2 aromatic rings. The van der Waals surface area contributed by atoms with Crippen molar-refractivity contribution in [3.63, 3.8) is 0 Å². The number of ether oxygens (including phenoxy) is 1. The second-order valence-corrected chi connectivity index (χ2v) is 4.94. The zero-order valence-electron chi connectivity index (χ0n) is 12.7.